The molecule has 0 saturated carbocycles. The van der Waals surface area contributed by atoms with E-state index < -0.39 is 11.6 Å². The molecular formula is C18H14F2N2O2S2. The zero-order chi connectivity index (χ0) is 18.7. The van der Waals surface area contributed by atoms with E-state index in [1.54, 1.807) is 29.3 Å². The monoisotopic (exact) mass is 392 g/mol. The zero-order valence-electron chi connectivity index (χ0n) is 13.9. The van der Waals surface area contributed by atoms with Crippen LogP contribution in [0.25, 0.3) is 11.3 Å². The highest BCUT2D eigenvalue weighted by Gasteiger charge is 2.15. The van der Waals surface area contributed by atoms with Crippen molar-refractivity contribution in [2.24, 2.45) is 0 Å². The number of aromatic nitrogens is 1. The van der Waals surface area contributed by atoms with Crippen LogP contribution in [0.4, 0.5) is 13.9 Å². The molecule has 0 aliphatic carbocycles. The summed E-state index contributed by atoms with van der Waals surface area (Å²) in [5.74, 6) is -1.76. The quantitative estimate of drug-likeness (QED) is 0.616. The van der Waals surface area contributed by atoms with Gasteiger partial charge in [-0.3, -0.25) is 10.1 Å². The molecule has 26 heavy (non-hydrogen) atoms. The average molecular weight is 392 g/mol. The van der Waals surface area contributed by atoms with Gasteiger partial charge >= 0.3 is 0 Å². The smallest absolute Gasteiger partial charge is 0.261 e. The van der Waals surface area contributed by atoms with Crippen molar-refractivity contribution < 1.29 is 18.3 Å². The number of carbonyl (C=O) groups is 1. The van der Waals surface area contributed by atoms with Crippen molar-refractivity contribution in [2.45, 2.75) is 4.90 Å². The van der Waals surface area contributed by atoms with Gasteiger partial charge in [0, 0.05) is 15.8 Å². The standard InChI is InChI=1S/C18H14F2N2O2S2/c1-24-16-8-11(25-2)4-5-12(16)17(23)22-18-21-15(9-26-18)10-3-6-13(19)14(20)7-10/h3-9H,1-2H3,(H,21,22,23). The Morgan fingerprint density at radius 2 is 2.00 bits per heavy atom. The van der Waals surface area contributed by atoms with Gasteiger partial charge in [-0.2, -0.15) is 0 Å². The summed E-state index contributed by atoms with van der Waals surface area (Å²) in [6.07, 6.45) is 1.93. The minimum atomic E-state index is -0.945. The highest BCUT2D eigenvalue weighted by atomic mass is 32.2. The molecule has 1 heterocycles. The van der Waals surface area contributed by atoms with E-state index in [0.717, 1.165) is 17.0 Å². The summed E-state index contributed by atoms with van der Waals surface area (Å²) in [6.45, 7) is 0. The van der Waals surface area contributed by atoms with Gasteiger partial charge in [0.15, 0.2) is 16.8 Å². The van der Waals surface area contributed by atoms with Crippen LogP contribution in [0.15, 0.2) is 46.7 Å². The third kappa shape index (κ3) is 3.86. The second kappa shape index (κ2) is 7.84. The van der Waals surface area contributed by atoms with Gasteiger partial charge in [-0.25, -0.2) is 13.8 Å². The van der Waals surface area contributed by atoms with Gasteiger partial charge in [0.25, 0.3) is 5.91 Å². The maximum atomic E-state index is 13.4. The Kier molecular flexibility index (Phi) is 5.53. The van der Waals surface area contributed by atoms with Crippen LogP contribution in [0.3, 0.4) is 0 Å². The number of nitrogens with one attached hydrogen (secondary N) is 1. The molecule has 1 amide bonds. The molecule has 8 heteroatoms. The lowest BCUT2D eigenvalue weighted by atomic mass is 10.2. The number of amides is 1. The normalized spacial score (nSPS) is 10.6. The summed E-state index contributed by atoms with van der Waals surface area (Å²) >= 11 is 2.74. The number of hydrogen-bond donors (Lipinski definition) is 1. The Morgan fingerprint density at radius 3 is 2.69 bits per heavy atom. The molecule has 0 unspecified atom stereocenters. The van der Waals surface area contributed by atoms with E-state index in [9.17, 15) is 13.6 Å². The summed E-state index contributed by atoms with van der Waals surface area (Å²) in [5, 5.41) is 4.72. The Balaban J connectivity index is 1.80. The van der Waals surface area contributed by atoms with E-state index in [-0.39, 0.29) is 5.91 Å². The highest BCUT2D eigenvalue weighted by Crippen LogP contribution is 2.29. The Labute approximate surface area is 157 Å². The Morgan fingerprint density at radius 1 is 1.19 bits per heavy atom. The zero-order valence-corrected chi connectivity index (χ0v) is 15.5. The van der Waals surface area contributed by atoms with Crippen molar-refractivity contribution in [3.05, 3.63) is 59.0 Å². The first-order chi connectivity index (χ1) is 12.5. The van der Waals surface area contributed by atoms with E-state index >= 15 is 0 Å². The van der Waals surface area contributed by atoms with E-state index in [0.29, 0.717) is 27.7 Å². The van der Waals surface area contributed by atoms with Gasteiger partial charge in [-0.05, 0) is 42.7 Å². The molecule has 0 radical (unpaired) electrons. The largest absolute Gasteiger partial charge is 0.496 e. The molecule has 0 saturated heterocycles. The lowest BCUT2D eigenvalue weighted by Gasteiger charge is -2.09. The fourth-order valence-electron chi connectivity index (χ4n) is 2.27. The summed E-state index contributed by atoms with van der Waals surface area (Å²) in [7, 11) is 1.50. The summed E-state index contributed by atoms with van der Waals surface area (Å²) < 4.78 is 31.7. The Bertz CT molecular complexity index is 960. The molecular weight excluding hydrogens is 378 g/mol. The molecule has 0 atom stereocenters. The predicted molar refractivity (Wildman–Crippen MR) is 100 cm³/mol. The highest BCUT2D eigenvalue weighted by molar-refractivity contribution is 7.98. The van der Waals surface area contributed by atoms with Crippen molar-refractivity contribution >= 4 is 34.1 Å². The van der Waals surface area contributed by atoms with Crippen LogP contribution >= 0.6 is 23.1 Å². The predicted octanol–water partition coefficient (Wildman–Crippen LogP) is 5.07. The molecule has 3 aromatic rings. The second-order valence-corrected chi connectivity index (χ2v) is 6.92. The van der Waals surface area contributed by atoms with Gasteiger partial charge < -0.3 is 4.74 Å². The molecule has 4 nitrogen and oxygen atoms in total. The third-order valence-corrected chi connectivity index (χ3v) is 5.08. The first-order valence-electron chi connectivity index (χ1n) is 7.46. The van der Waals surface area contributed by atoms with Crippen LogP contribution in [0.1, 0.15) is 10.4 Å². The number of anilines is 1. The first-order valence-corrected chi connectivity index (χ1v) is 9.56. The van der Waals surface area contributed by atoms with Gasteiger partial charge in [0.2, 0.25) is 0 Å². The molecule has 0 spiro atoms. The first kappa shape index (κ1) is 18.3. The van der Waals surface area contributed by atoms with E-state index in [2.05, 4.69) is 10.3 Å². The molecule has 2 aromatic carbocycles. The topological polar surface area (TPSA) is 51.2 Å². The number of nitrogens with zero attached hydrogens (tertiary/aromatic N) is 1. The van der Waals surface area contributed by atoms with Crippen LogP contribution in [0.5, 0.6) is 5.75 Å². The molecule has 134 valence electrons. The number of carbonyl (C=O) groups excluding carboxylic acids is 1. The number of thiazole rings is 1. The minimum Gasteiger partial charge on any atom is -0.496 e. The molecule has 0 bridgehead atoms. The number of ether oxygens (including phenoxy) is 1. The van der Waals surface area contributed by atoms with Gasteiger partial charge in [-0.15, -0.1) is 23.1 Å². The van der Waals surface area contributed by atoms with Crippen molar-refractivity contribution in [1.29, 1.82) is 0 Å². The SMILES string of the molecule is COc1cc(SC)ccc1C(=O)Nc1nc(-c2ccc(F)c(F)c2)cs1. The number of thioether (sulfide) groups is 1. The summed E-state index contributed by atoms with van der Waals surface area (Å²) in [6, 6.07) is 8.85. The van der Waals surface area contributed by atoms with Crippen LogP contribution in [0.2, 0.25) is 0 Å². The maximum Gasteiger partial charge on any atom is 0.261 e. The van der Waals surface area contributed by atoms with Crippen molar-refractivity contribution in [2.75, 3.05) is 18.7 Å². The van der Waals surface area contributed by atoms with E-state index in [4.69, 9.17) is 4.74 Å². The molecule has 1 aromatic heterocycles. The van der Waals surface area contributed by atoms with Crippen LogP contribution < -0.4 is 10.1 Å². The van der Waals surface area contributed by atoms with Crippen molar-refractivity contribution in [3.8, 4) is 17.0 Å². The maximum absolute atomic E-state index is 13.4. The lowest BCUT2D eigenvalue weighted by Crippen LogP contribution is -2.13. The lowest BCUT2D eigenvalue weighted by molar-refractivity contribution is 0.102. The van der Waals surface area contributed by atoms with E-state index in [1.165, 1.54) is 24.5 Å². The van der Waals surface area contributed by atoms with Gasteiger partial charge in [-0.1, -0.05) is 0 Å². The molecule has 0 aliphatic heterocycles. The molecule has 0 fully saturated rings. The van der Waals surface area contributed by atoms with Gasteiger partial charge in [0.05, 0.1) is 18.4 Å². The fraction of sp³-hybridized carbons (Fsp3) is 0.111. The van der Waals surface area contributed by atoms with E-state index in [1.807, 2.05) is 12.3 Å². The van der Waals surface area contributed by atoms with Crippen molar-refractivity contribution in [3.63, 3.8) is 0 Å². The van der Waals surface area contributed by atoms with Crippen LogP contribution in [-0.4, -0.2) is 24.3 Å². The van der Waals surface area contributed by atoms with Crippen molar-refractivity contribution in [1.82, 2.24) is 4.98 Å². The summed E-state index contributed by atoms with van der Waals surface area (Å²) in [4.78, 5) is 17.7. The minimum absolute atomic E-state index is 0.353. The second-order valence-electron chi connectivity index (χ2n) is 5.19. The fourth-order valence-corrected chi connectivity index (χ4v) is 3.41. The van der Waals surface area contributed by atoms with Crippen LogP contribution in [-0.2, 0) is 0 Å². The number of rotatable bonds is 5. The number of halogens is 2. The number of benzene rings is 2. The third-order valence-electron chi connectivity index (χ3n) is 3.59. The number of hydrogen-bond acceptors (Lipinski definition) is 5. The average Bonchev–Trinajstić information content (AvgIpc) is 3.11. The van der Waals surface area contributed by atoms with Crippen LogP contribution in [0, 0.1) is 11.6 Å². The molecule has 3 rings (SSSR count). The van der Waals surface area contributed by atoms with Gasteiger partial charge in [0.1, 0.15) is 5.75 Å². The number of methoxy groups -OCH3 is 1. The molecule has 1 N–H and O–H groups in total. The molecule has 0 aliphatic rings. The summed E-state index contributed by atoms with van der Waals surface area (Å²) in [5.41, 5.74) is 1.27. The Hall–Kier alpha value is -2.45.